The van der Waals surface area contributed by atoms with Gasteiger partial charge in [0.25, 0.3) is 0 Å². The van der Waals surface area contributed by atoms with Gasteiger partial charge < -0.3 is 5.73 Å². The quantitative estimate of drug-likeness (QED) is 0.850. The van der Waals surface area contributed by atoms with Crippen LogP contribution in [0.25, 0.3) is 10.6 Å². The van der Waals surface area contributed by atoms with Gasteiger partial charge in [-0.2, -0.15) is 0 Å². The van der Waals surface area contributed by atoms with Gasteiger partial charge in [-0.1, -0.05) is 6.07 Å². The Morgan fingerprint density at radius 2 is 2.23 bits per heavy atom. The van der Waals surface area contributed by atoms with Gasteiger partial charge in [0.15, 0.2) is 0 Å². The van der Waals surface area contributed by atoms with Crippen molar-refractivity contribution in [3.8, 4) is 10.6 Å². The molecule has 2 rings (SSSR count). The van der Waals surface area contributed by atoms with Gasteiger partial charge in [0.1, 0.15) is 0 Å². The molecule has 4 heteroatoms. The highest BCUT2D eigenvalue weighted by molar-refractivity contribution is 9.11. The summed E-state index contributed by atoms with van der Waals surface area (Å²) in [5.74, 6) is 0. The first-order valence-electron chi connectivity index (χ1n) is 3.73. The van der Waals surface area contributed by atoms with Crippen LogP contribution in [0.5, 0.6) is 0 Å². The van der Waals surface area contributed by atoms with Crippen molar-refractivity contribution in [1.29, 1.82) is 0 Å². The summed E-state index contributed by atoms with van der Waals surface area (Å²) in [7, 11) is 0. The highest BCUT2D eigenvalue weighted by Crippen LogP contribution is 2.36. The fourth-order valence-electron chi connectivity index (χ4n) is 1.07. The minimum absolute atomic E-state index is 0.774. The fraction of sp³-hybridized carbons (Fsp3) is 0. The third kappa shape index (κ3) is 1.73. The molecule has 0 saturated heterocycles. The number of rotatable bonds is 1. The second kappa shape index (κ2) is 3.47. The van der Waals surface area contributed by atoms with Crippen LogP contribution in [0.2, 0.25) is 0 Å². The Morgan fingerprint density at radius 1 is 1.38 bits per heavy atom. The van der Waals surface area contributed by atoms with Crippen molar-refractivity contribution in [2.75, 3.05) is 5.73 Å². The number of anilines is 1. The average molecular weight is 255 g/mol. The number of halogens is 1. The molecule has 0 spiro atoms. The fourth-order valence-corrected chi connectivity index (χ4v) is 2.59. The van der Waals surface area contributed by atoms with Crippen molar-refractivity contribution in [3.05, 3.63) is 34.2 Å². The molecular formula is C9H7BrN2S. The Balaban J connectivity index is 2.53. The lowest BCUT2D eigenvalue weighted by molar-refractivity contribution is 1.34. The molecule has 13 heavy (non-hydrogen) atoms. The summed E-state index contributed by atoms with van der Waals surface area (Å²) in [6, 6.07) is 7.70. The Morgan fingerprint density at radius 3 is 2.77 bits per heavy atom. The summed E-state index contributed by atoms with van der Waals surface area (Å²) in [6.07, 6.45) is 1.77. The van der Waals surface area contributed by atoms with Crippen LogP contribution in [-0.4, -0.2) is 4.98 Å². The number of hydrogen-bond donors (Lipinski definition) is 1. The molecule has 0 aliphatic heterocycles. The Hall–Kier alpha value is -0.870. The van der Waals surface area contributed by atoms with E-state index in [1.165, 1.54) is 0 Å². The van der Waals surface area contributed by atoms with Crippen LogP contribution in [-0.2, 0) is 0 Å². The molecule has 0 atom stereocenters. The predicted molar refractivity (Wildman–Crippen MR) is 59.7 cm³/mol. The topological polar surface area (TPSA) is 38.9 Å². The van der Waals surface area contributed by atoms with E-state index in [-0.39, 0.29) is 0 Å². The molecule has 0 saturated carbocycles. The predicted octanol–water partition coefficient (Wildman–Crippen LogP) is 3.15. The lowest BCUT2D eigenvalue weighted by Gasteiger charge is -1.96. The minimum Gasteiger partial charge on any atom is -0.397 e. The molecule has 0 unspecified atom stereocenters. The standard InChI is InChI=1S/C9H7BrN2S/c10-8-5-6(11)9(13-8)7-3-1-2-4-12-7/h1-5H,11H2. The largest absolute Gasteiger partial charge is 0.397 e. The van der Waals surface area contributed by atoms with Crippen molar-refractivity contribution >= 4 is 33.0 Å². The van der Waals surface area contributed by atoms with Crippen molar-refractivity contribution in [3.63, 3.8) is 0 Å². The maximum absolute atomic E-state index is 5.81. The van der Waals surface area contributed by atoms with Crippen molar-refractivity contribution in [1.82, 2.24) is 4.98 Å². The van der Waals surface area contributed by atoms with Crippen molar-refractivity contribution in [2.45, 2.75) is 0 Å². The van der Waals surface area contributed by atoms with Crippen molar-refractivity contribution in [2.24, 2.45) is 0 Å². The van der Waals surface area contributed by atoms with E-state index in [4.69, 9.17) is 5.73 Å². The van der Waals surface area contributed by atoms with Crippen LogP contribution in [0.3, 0.4) is 0 Å². The molecule has 2 heterocycles. The summed E-state index contributed by atoms with van der Waals surface area (Å²) >= 11 is 4.99. The van der Waals surface area contributed by atoms with Gasteiger partial charge in [0.05, 0.1) is 20.0 Å². The Labute approximate surface area is 88.6 Å². The second-order valence-corrected chi connectivity index (χ2v) is 4.98. The number of pyridine rings is 1. The van der Waals surface area contributed by atoms with Gasteiger partial charge in [-0.15, -0.1) is 11.3 Å². The number of aromatic nitrogens is 1. The lowest BCUT2D eigenvalue weighted by atomic mass is 10.3. The van der Waals surface area contributed by atoms with Crippen LogP contribution < -0.4 is 5.73 Å². The SMILES string of the molecule is Nc1cc(Br)sc1-c1ccccn1. The molecule has 0 radical (unpaired) electrons. The van der Waals surface area contributed by atoms with E-state index in [2.05, 4.69) is 20.9 Å². The summed E-state index contributed by atoms with van der Waals surface area (Å²) in [6.45, 7) is 0. The van der Waals surface area contributed by atoms with Crippen LogP contribution in [0.15, 0.2) is 34.2 Å². The van der Waals surface area contributed by atoms with E-state index in [0.717, 1.165) is 20.0 Å². The molecule has 2 aromatic rings. The van der Waals surface area contributed by atoms with Gasteiger partial charge in [-0.05, 0) is 34.1 Å². The van der Waals surface area contributed by atoms with Gasteiger partial charge in [0, 0.05) is 6.20 Å². The third-order valence-electron chi connectivity index (χ3n) is 1.63. The zero-order valence-corrected chi connectivity index (χ0v) is 9.10. The number of nitrogen functional groups attached to an aromatic ring is 1. The summed E-state index contributed by atoms with van der Waals surface area (Å²) in [5, 5.41) is 0. The maximum Gasteiger partial charge on any atom is 0.0823 e. The van der Waals surface area contributed by atoms with E-state index < -0.39 is 0 Å². The minimum atomic E-state index is 0.774. The summed E-state index contributed by atoms with van der Waals surface area (Å²) in [4.78, 5) is 5.25. The first-order valence-corrected chi connectivity index (χ1v) is 5.34. The first kappa shape index (κ1) is 8.72. The van der Waals surface area contributed by atoms with E-state index in [1.54, 1.807) is 17.5 Å². The highest BCUT2D eigenvalue weighted by atomic mass is 79.9. The van der Waals surface area contributed by atoms with Gasteiger partial charge >= 0.3 is 0 Å². The number of thiophene rings is 1. The van der Waals surface area contributed by atoms with E-state index in [1.807, 2.05) is 24.3 Å². The highest BCUT2D eigenvalue weighted by Gasteiger charge is 2.07. The summed E-state index contributed by atoms with van der Waals surface area (Å²) < 4.78 is 1.03. The Bertz CT molecular complexity index is 411. The maximum atomic E-state index is 5.81. The van der Waals surface area contributed by atoms with Gasteiger partial charge in [0.2, 0.25) is 0 Å². The second-order valence-electron chi connectivity index (χ2n) is 2.55. The monoisotopic (exact) mass is 254 g/mol. The van der Waals surface area contributed by atoms with E-state index in [9.17, 15) is 0 Å². The average Bonchev–Trinajstić information content (AvgIpc) is 2.47. The van der Waals surface area contributed by atoms with Crippen LogP contribution in [0.1, 0.15) is 0 Å². The van der Waals surface area contributed by atoms with Crippen LogP contribution in [0.4, 0.5) is 5.69 Å². The van der Waals surface area contributed by atoms with Crippen LogP contribution in [0, 0.1) is 0 Å². The number of hydrogen-bond acceptors (Lipinski definition) is 3. The normalized spacial score (nSPS) is 10.2. The summed E-state index contributed by atoms with van der Waals surface area (Å²) in [5.41, 5.74) is 7.51. The van der Waals surface area contributed by atoms with E-state index in [0.29, 0.717) is 0 Å². The first-order chi connectivity index (χ1) is 6.27. The molecule has 0 bridgehead atoms. The Kier molecular flexibility index (Phi) is 2.33. The molecular weight excluding hydrogens is 248 g/mol. The number of nitrogens with zero attached hydrogens (tertiary/aromatic N) is 1. The molecule has 0 aliphatic carbocycles. The smallest absolute Gasteiger partial charge is 0.0823 e. The molecule has 2 N–H and O–H groups in total. The van der Waals surface area contributed by atoms with Gasteiger partial charge in [-0.25, -0.2) is 0 Å². The zero-order chi connectivity index (χ0) is 9.26. The van der Waals surface area contributed by atoms with Crippen molar-refractivity contribution < 1.29 is 0 Å². The van der Waals surface area contributed by atoms with Gasteiger partial charge in [-0.3, -0.25) is 4.98 Å². The van der Waals surface area contributed by atoms with Crippen LogP contribution >= 0.6 is 27.3 Å². The third-order valence-corrected chi connectivity index (χ3v) is 3.30. The van der Waals surface area contributed by atoms with E-state index >= 15 is 0 Å². The molecule has 0 aliphatic rings. The lowest BCUT2D eigenvalue weighted by Crippen LogP contribution is -1.85. The molecule has 2 aromatic heterocycles. The molecule has 2 nitrogen and oxygen atoms in total. The number of nitrogens with two attached hydrogens (primary N) is 1. The molecule has 66 valence electrons. The molecule has 0 fully saturated rings. The zero-order valence-electron chi connectivity index (χ0n) is 6.70. The molecule has 0 aromatic carbocycles. The molecule has 0 amide bonds.